The second-order valence-corrected chi connectivity index (χ2v) is 9.17. The highest BCUT2D eigenvalue weighted by Crippen LogP contribution is 2.50. The van der Waals surface area contributed by atoms with Gasteiger partial charge in [-0.2, -0.15) is 0 Å². The van der Waals surface area contributed by atoms with E-state index in [1.165, 1.54) is 71.1 Å². The molecule has 0 N–H and O–H groups in total. The fraction of sp³-hybridized carbons (Fsp3) is 0. The van der Waals surface area contributed by atoms with Crippen LogP contribution < -0.4 is 0 Å². The third kappa shape index (κ3) is 2.31. The van der Waals surface area contributed by atoms with E-state index in [4.69, 9.17) is 0 Å². The Morgan fingerprint density at radius 2 is 1.12 bits per heavy atom. The van der Waals surface area contributed by atoms with E-state index in [1.54, 1.807) is 0 Å². The lowest BCUT2D eigenvalue weighted by molar-refractivity contribution is 1.41. The average Bonchev–Trinajstić information content (AvgIpc) is 3.23. The van der Waals surface area contributed by atoms with Gasteiger partial charge in [-0.25, -0.2) is 0 Å². The Kier molecular flexibility index (Phi) is 3.45. The van der Waals surface area contributed by atoms with Crippen LogP contribution in [0.1, 0.15) is 0 Å². The molecule has 1 aliphatic carbocycles. The third-order valence-electron chi connectivity index (χ3n) is 7.42. The summed E-state index contributed by atoms with van der Waals surface area (Å²) in [4.78, 5) is 4.52. The van der Waals surface area contributed by atoms with Gasteiger partial charge in [0, 0.05) is 11.6 Å². The van der Waals surface area contributed by atoms with Crippen LogP contribution in [0.4, 0.5) is 0 Å². The van der Waals surface area contributed by atoms with Crippen molar-refractivity contribution in [2.24, 2.45) is 0 Å². The molecule has 0 fully saturated rings. The number of benzene rings is 6. The van der Waals surface area contributed by atoms with E-state index in [9.17, 15) is 0 Å². The molecule has 0 spiro atoms. The molecule has 0 saturated carbocycles. The zero-order valence-electron chi connectivity index (χ0n) is 18.4. The van der Waals surface area contributed by atoms with Gasteiger partial charge >= 0.3 is 0 Å². The van der Waals surface area contributed by atoms with Crippen LogP contribution in [0.2, 0.25) is 0 Å². The summed E-state index contributed by atoms with van der Waals surface area (Å²) in [5.41, 5.74) is 8.89. The van der Waals surface area contributed by atoms with E-state index < -0.39 is 0 Å². The van der Waals surface area contributed by atoms with Gasteiger partial charge in [0.15, 0.2) is 0 Å². The highest BCUT2D eigenvalue weighted by atomic mass is 14.6. The van der Waals surface area contributed by atoms with Crippen molar-refractivity contribution in [1.82, 2.24) is 4.98 Å². The minimum absolute atomic E-state index is 1.03. The highest BCUT2D eigenvalue weighted by Gasteiger charge is 2.23. The topological polar surface area (TPSA) is 12.9 Å². The summed E-state index contributed by atoms with van der Waals surface area (Å²) in [6.07, 6.45) is 1.86. The van der Waals surface area contributed by atoms with Gasteiger partial charge in [0.05, 0.1) is 5.52 Å². The van der Waals surface area contributed by atoms with Crippen LogP contribution in [0.25, 0.3) is 76.6 Å². The van der Waals surface area contributed by atoms with Gasteiger partial charge in [0.25, 0.3) is 0 Å². The average molecular weight is 430 g/mol. The van der Waals surface area contributed by atoms with E-state index in [-0.39, 0.29) is 0 Å². The highest BCUT2D eigenvalue weighted by molar-refractivity contribution is 6.28. The summed E-state index contributed by atoms with van der Waals surface area (Å²) in [7, 11) is 0. The van der Waals surface area contributed by atoms with Crippen molar-refractivity contribution in [3.05, 3.63) is 115 Å². The summed E-state index contributed by atoms with van der Waals surface area (Å²) in [6, 6.07) is 40.0. The van der Waals surface area contributed by atoms with Crippen molar-refractivity contribution >= 4 is 43.2 Å². The van der Waals surface area contributed by atoms with Crippen molar-refractivity contribution in [3.8, 4) is 33.4 Å². The van der Waals surface area contributed by atoms with E-state index in [1.807, 2.05) is 12.3 Å². The van der Waals surface area contributed by atoms with Crippen LogP contribution in [0.15, 0.2) is 115 Å². The van der Waals surface area contributed by atoms with Gasteiger partial charge in [0.2, 0.25) is 0 Å². The van der Waals surface area contributed by atoms with Gasteiger partial charge in [0.1, 0.15) is 0 Å². The zero-order chi connectivity index (χ0) is 22.2. The molecule has 1 heterocycles. The monoisotopic (exact) mass is 429 g/mol. The lowest BCUT2D eigenvalue weighted by Crippen LogP contribution is -1.88. The van der Waals surface area contributed by atoms with E-state index >= 15 is 0 Å². The number of nitrogens with zero attached hydrogens (tertiary/aromatic N) is 1. The van der Waals surface area contributed by atoms with E-state index in [0.29, 0.717) is 0 Å². The maximum Gasteiger partial charge on any atom is 0.0702 e. The molecular weight excluding hydrogens is 410 g/mol. The van der Waals surface area contributed by atoms with Gasteiger partial charge in [-0.1, -0.05) is 78.9 Å². The molecule has 1 heteroatoms. The van der Waals surface area contributed by atoms with Crippen LogP contribution in [0.3, 0.4) is 0 Å². The fourth-order valence-electron chi connectivity index (χ4n) is 5.93. The summed E-state index contributed by atoms with van der Waals surface area (Å²) >= 11 is 0. The van der Waals surface area contributed by atoms with Gasteiger partial charge < -0.3 is 0 Å². The standard InChI is InChI=1S/C33H19N/c1-4-11-25-22(8-1)26-12-5-13-27-30-18-28(20-14-15-32-21(17-20)7-6-16-34-32)23-9-2-3-10-24(23)29(30)19-31(25)33(26)27/h1-19H. The van der Waals surface area contributed by atoms with Crippen LogP contribution in [-0.4, -0.2) is 4.98 Å². The molecule has 0 aliphatic heterocycles. The Morgan fingerprint density at radius 1 is 0.412 bits per heavy atom. The van der Waals surface area contributed by atoms with E-state index in [0.717, 1.165) is 5.52 Å². The molecule has 0 unspecified atom stereocenters. The minimum Gasteiger partial charge on any atom is -0.256 e. The first-order valence-corrected chi connectivity index (χ1v) is 11.7. The molecule has 1 aromatic heterocycles. The molecule has 0 atom stereocenters. The van der Waals surface area contributed by atoms with E-state index in [2.05, 4.69) is 108 Å². The Hall–Kier alpha value is -4.49. The van der Waals surface area contributed by atoms with Gasteiger partial charge in [-0.05, 0) is 96.0 Å². The summed E-state index contributed by atoms with van der Waals surface area (Å²) in [6.45, 7) is 0. The molecule has 7 aromatic rings. The molecule has 6 aromatic carbocycles. The molecule has 1 aliphatic rings. The zero-order valence-corrected chi connectivity index (χ0v) is 18.4. The molecule has 0 saturated heterocycles. The largest absolute Gasteiger partial charge is 0.256 e. The molecule has 0 radical (unpaired) electrons. The molecule has 34 heavy (non-hydrogen) atoms. The van der Waals surface area contributed by atoms with Gasteiger partial charge in [-0.3, -0.25) is 4.98 Å². The molecule has 0 amide bonds. The number of pyridine rings is 1. The molecule has 156 valence electrons. The second-order valence-electron chi connectivity index (χ2n) is 9.17. The second kappa shape index (κ2) is 6.52. The van der Waals surface area contributed by atoms with Crippen molar-refractivity contribution in [1.29, 1.82) is 0 Å². The van der Waals surface area contributed by atoms with Crippen molar-refractivity contribution in [2.45, 2.75) is 0 Å². The quantitative estimate of drug-likeness (QED) is 0.237. The lowest BCUT2D eigenvalue weighted by atomic mass is 9.89. The predicted octanol–water partition coefficient (Wildman–Crippen LogP) is 9.01. The molecule has 0 bridgehead atoms. The number of fused-ring (bicyclic) bond motifs is 8. The Bertz CT molecular complexity index is 1960. The molecule has 8 rings (SSSR count). The number of hydrogen-bond donors (Lipinski definition) is 0. The first kappa shape index (κ1) is 18.0. The predicted molar refractivity (Wildman–Crippen MR) is 144 cm³/mol. The smallest absolute Gasteiger partial charge is 0.0702 e. The maximum atomic E-state index is 4.52. The first-order chi connectivity index (χ1) is 16.9. The number of aromatic nitrogens is 1. The van der Waals surface area contributed by atoms with Crippen molar-refractivity contribution in [3.63, 3.8) is 0 Å². The summed E-state index contributed by atoms with van der Waals surface area (Å²) < 4.78 is 0. The SMILES string of the molecule is c1ccc2c(c1)-c1cccc3c1c-2cc1c2ccccc2c(-c2ccc4ncccc4c2)cc31. The first-order valence-electron chi connectivity index (χ1n) is 11.7. The fourth-order valence-corrected chi connectivity index (χ4v) is 5.93. The van der Waals surface area contributed by atoms with Crippen LogP contribution in [0.5, 0.6) is 0 Å². The Labute approximate surface area is 196 Å². The molecule has 1 nitrogen and oxygen atoms in total. The van der Waals surface area contributed by atoms with Crippen LogP contribution in [-0.2, 0) is 0 Å². The van der Waals surface area contributed by atoms with Gasteiger partial charge in [-0.15, -0.1) is 0 Å². The summed E-state index contributed by atoms with van der Waals surface area (Å²) in [5.74, 6) is 0. The Morgan fingerprint density at radius 3 is 2.03 bits per heavy atom. The normalized spacial score (nSPS) is 12.1. The summed E-state index contributed by atoms with van der Waals surface area (Å²) in [5, 5.41) is 9.09. The Balaban J connectivity index is 1.54. The number of hydrogen-bond acceptors (Lipinski definition) is 1. The van der Waals surface area contributed by atoms with Crippen molar-refractivity contribution < 1.29 is 0 Å². The minimum atomic E-state index is 1.03. The van der Waals surface area contributed by atoms with Crippen LogP contribution in [0, 0.1) is 0 Å². The third-order valence-corrected chi connectivity index (χ3v) is 7.42. The number of rotatable bonds is 1. The maximum absolute atomic E-state index is 4.52. The molecular formula is C33H19N. The van der Waals surface area contributed by atoms with Crippen LogP contribution >= 0.6 is 0 Å². The van der Waals surface area contributed by atoms with Crippen molar-refractivity contribution in [2.75, 3.05) is 0 Å². The lowest BCUT2D eigenvalue weighted by Gasteiger charge is -2.15.